The Morgan fingerprint density at radius 2 is 1.78 bits per heavy atom. The molecule has 1 nitrogen and oxygen atoms in total. The van der Waals surface area contributed by atoms with Crippen LogP contribution in [-0.4, -0.2) is 6.04 Å². The standard InChI is InChI=1S/C15H23Cl2N/c1-5-10(3)11(4)18-15(6-2)13-8-7-12(16)9-14(13)17/h7-11,15,18H,5-6H2,1-4H3. The maximum atomic E-state index is 6.28. The van der Waals surface area contributed by atoms with E-state index in [1.807, 2.05) is 18.2 Å². The first-order valence-corrected chi connectivity index (χ1v) is 7.46. The maximum Gasteiger partial charge on any atom is 0.0468 e. The zero-order valence-electron chi connectivity index (χ0n) is 11.6. The van der Waals surface area contributed by atoms with Gasteiger partial charge in [-0.1, -0.05) is 56.5 Å². The van der Waals surface area contributed by atoms with E-state index < -0.39 is 0 Å². The van der Waals surface area contributed by atoms with E-state index in [-0.39, 0.29) is 0 Å². The zero-order chi connectivity index (χ0) is 13.7. The van der Waals surface area contributed by atoms with Gasteiger partial charge in [-0.15, -0.1) is 0 Å². The van der Waals surface area contributed by atoms with E-state index in [1.54, 1.807) is 0 Å². The number of halogens is 2. The second kappa shape index (κ2) is 7.37. The van der Waals surface area contributed by atoms with Crippen LogP contribution in [0.25, 0.3) is 0 Å². The fraction of sp³-hybridized carbons (Fsp3) is 0.600. The van der Waals surface area contributed by atoms with Crippen molar-refractivity contribution in [3.63, 3.8) is 0 Å². The fourth-order valence-corrected chi connectivity index (χ4v) is 2.59. The van der Waals surface area contributed by atoms with Crippen molar-refractivity contribution in [3.05, 3.63) is 33.8 Å². The van der Waals surface area contributed by atoms with Crippen LogP contribution < -0.4 is 5.32 Å². The smallest absolute Gasteiger partial charge is 0.0468 e. The summed E-state index contributed by atoms with van der Waals surface area (Å²) in [4.78, 5) is 0. The molecule has 1 aromatic carbocycles. The zero-order valence-corrected chi connectivity index (χ0v) is 13.1. The van der Waals surface area contributed by atoms with E-state index in [2.05, 4.69) is 33.0 Å². The summed E-state index contributed by atoms with van der Waals surface area (Å²) in [6.07, 6.45) is 2.20. The van der Waals surface area contributed by atoms with Gasteiger partial charge in [-0.25, -0.2) is 0 Å². The molecular weight excluding hydrogens is 265 g/mol. The van der Waals surface area contributed by atoms with Crippen molar-refractivity contribution in [2.24, 2.45) is 5.92 Å². The van der Waals surface area contributed by atoms with Crippen LogP contribution in [0, 0.1) is 5.92 Å². The van der Waals surface area contributed by atoms with Gasteiger partial charge in [0.15, 0.2) is 0 Å². The van der Waals surface area contributed by atoms with Crippen LogP contribution >= 0.6 is 23.2 Å². The molecule has 102 valence electrons. The average Bonchev–Trinajstić information content (AvgIpc) is 2.35. The Kier molecular flexibility index (Phi) is 6.48. The van der Waals surface area contributed by atoms with E-state index >= 15 is 0 Å². The van der Waals surface area contributed by atoms with E-state index in [4.69, 9.17) is 23.2 Å². The monoisotopic (exact) mass is 287 g/mol. The lowest BCUT2D eigenvalue weighted by Crippen LogP contribution is -2.35. The number of rotatable bonds is 6. The first-order valence-electron chi connectivity index (χ1n) is 6.70. The Balaban J connectivity index is 2.83. The molecule has 0 spiro atoms. The molecule has 0 saturated carbocycles. The number of benzene rings is 1. The normalized spacial score (nSPS) is 16.3. The number of hydrogen-bond donors (Lipinski definition) is 1. The summed E-state index contributed by atoms with van der Waals surface area (Å²) in [7, 11) is 0. The van der Waals surface area contributed by atoms with Crippen LogP contribution in [0.4, 0.5) is 0 Å². The third-order valence-electron chi connectivity index (χ3n) is 3.71. The highest BCUT2D eigenvalue weighted by Gasteiger charge is 2.18. The van der Waals surface area contributed by atoms with Crippen LogP contribution in [0.1, 0.15) is 52.1 Å². The summed E-state index contributed by atoms with van der Waals surface area (Å²) in [5.41, 5.74) is 1.14. The van der Waals surface area contributed by atoms with Gasteiger partial charge in [-0.3, -0.25) is 0 Å². The third kappa shape index (κ3) is 4.15. The molecule has 0 aromatic heterocycles. The average molecular weight is 288 g/mol. The third-order valence-corrected chi connectivity index (χ3v) is 4.27. The summed E-state index contributed by atoms with van der Waals surface area (Å²) in [6.45, 7) is 8.90. The van der Waals surface area contributed by atoms with E-state index in [1.165, 1.54) is 6.42 Å². The molecule has 0 aliphatic carbocycles. The molecule has 0 radical (unpaired) electrons. The Hall–Kier alpha value is -0.240. The van der Waals surface area contributed by atoms with Gasteiger partial charge in [0.1, 0.15) is 0 Å². The minimum Gasteiger partial charge on any atom is -0.307 e. The summed E-state index contributed by atoms with van der Waals surface area (Å²) in [6, 6.07) is 6.51. The van der Waals surface area contributed by atoms with Crippen LogP contribution in [0.15, 0.2) is 18.2 Å². The Labute approximate surface area is 121 Å². The predicted molar refractivity (Wildman–Crippen MR) is 81.5 cm³/mol. The minimum absolute atomic E-state index is 0.291. The Bertz CT molecular complexity index is 379. The first-order chi connectivity index (χ1) is 8.49. The summed E-state index contributed by atoms with van der Waals surface area (Å²) in [5, 5.41) is 5.10. The van der Waals surface area contributed by atoms with Gasteiger partial charge in [-0.2, -0.15) is 0 Å². The van der Waals surface area contributed by atoms with Crippen molar-refractivity contribution < 1.29 is 0 Å². The van der Waals surface area contributed by atoms with E-state index in [0.717, 1.165) is 17.0 Å². The predicted octanol–water partition coefficient (Wildman–Crippen LogP) is 5.47. The lowest BCUT2D eigenvalue weighted by Gasteiger charge is -2.27. The van der Waals surface area contributed by atoms with Crippen molar-refractivity contribution in [3.8, 4) is 0 Å². The van der Waals surface area contributed by atoms with Crippen molar-refractivity contribution >= 4 is 23.2 Å². The Morgan fingerprint density at radius 3 is 2.28 bits per heavy atom. The summed E-state index contributed by atoms with van der Waals surface area (Å²) < 4.78 is 0. The van der Waals surface area contributed by atoms with Gasteiger partial charge in [0, 0.05) is 22.1 Å². The molecule has 0 aliphatic rings. The number of nitrogens with one attached hydrogen (secondary N) is 1. The SMILES string of the molecule is CCC(NC(C)C(C)CC)c1ccc(Cl)cc1Cl. The highest BCUT2D eigenvalue weighted by molar-refractivity contribution is 6.35. The van der Waals surface area contributed by atoms with Crippen LogP contribution in [0.3, 0.4) is 0 Å². The molecule has 0 amide bonds. The first kappa shape index (κ1) is 15.8. The second-order valence-corrected chi connectivity index (χ2v) is 5.81. The van der Waals surface area contributed by atoms with Gasteiger partial charge in [-0.05, 0) is 37.0 Å². The topological polar surface area (TPSA) is 12.0 Å². The lowest BCUT2D eigenvalue weighted by atomic mass is 9.97. The molecule has 0 saturated heterocycles. The molecule has 0 bridgehead atoms. The van der Waals surface area contributed by atoms with Gasteiger partial charge >= 0.3 is 0 Å². The molecule has 0 aliphatic heterocycles. The minimum atomic E-state index is 0.291. The van der Waals surface area contributed by atoms with E-state index in [0.29, 0.717) is 23.0 Å². The van der Waals surface area contributed by atoms with Crippen LogP contribution in [0.5, 0.6) is 0 Å². The molecule has 3 unspecified atom stereocenters. The van der Waals surface area contributed by atoms with E-state index in [9.17, 15) is 0 Å². The second-order valence-electron chi connectivity index (χ2n) is 4.97. The molecular formula is C15H23Cl2N. The van der Waals surface area contributed by atoms with Crippen LogP contribution in [0.2, 0.25) is 10.0 Å². The fourth-order valence-electron chi connectivity index (χ4n) is 2.05. The highest BCUT2D eigenvalue weighted by Crippen LogP contribution is 2.29. The number of hydrogen-bond acceptors (Lipinski definition) is 1. The molecule has 1 N–H and O–H groups in total. The molecule has 1 aromatic rings. The molecule has 1 rings (SSSR count). The Morgan fingerprint density at radius 1 is 1.11 bits per heavy atom. The quantitative estimate of drug-likeness (QED) is 0.732. The lowest BCUT2D eigenvalue weighted by molar-refractivity contribution is 0.346. The van der Waals surface area contributed by atoms with Gasteiger partial charge in [0.2, 0.25) is 0 Å². The molecule has 3 heteroatoms. The van der Waals surface area contributed by atoms with Gasteiger partial charge in [0.25, 0.3) is 0 Å². The van der Waals surface area contributed by atoms with Crippen molar-refractivity contribution in [1.82, 2.24) is 5.32 Å². The molecule has 18 heavy (non-hydrogen) atoms. The maximum absolute atomic E-state index is 6.28. The van der Waals surface area contributed by atoms with Crippen LogP contribution in [-0.2, 0) is 0 Å². The van der Waals surface area contributed by atoms with Crippen molar-refractivity contribution in [2.45, 2.75) is 52.6 Å². The largest absolute Gasteiger partial charge is 0.307 e. The van der Waals surface area contributed by atoms with Crippen molar-refractivity contribution in [2.75, 3.05) is 0 Å². The molecule has 0 heterocycles. The molecule has 0 fully saturated rings. The van der Waals surface area contributed by atoms with Gasteiger partial charge in [0.05, 0.1) is 0 Å². The summed E-state index contributed by atoms with van der Waals surface area (Å²) in [5.74, 6) is 0.658. The molecule has 3 atom stereocenters. The summed E-state index contributed by atoms with van der Waals surface area (Å²) >= 11 is 12.2. The van der Waals surface area contributed by atoms with Crippen molar-refractivity contribution in [1.29, 1.82) is 0 Å². The highest BCUT2D eigenvalue weighted by atomic mass is 35.5. The van der Waals surface area contributed by atoms with Gasteiger partial charge < -0.3 is 5.32 Å².